The molecule has 1 aliphatic carbocycles. The number of nitrogens with zero attached hydrogens (tertiary/aromatic N) is 1. The Balaban J connectivity index is 2.36. The van der Waals surface area contributed by atoms with Gasteiger partial charge in [-0.2, -0.15) is 4.39 Å². The van der Waals surface area contributed by atoms with E-state index in [1.807, 2.05) is 0 Å². The smallest absolute Gasteiger partial charge is 0.295 e. The Morgan fingerprint density at radius 1 is 1.47 bits per heavy atom. The summed E-state index contributed by atoms with van der Waals surface area (Å²) >= 11 is 5.39. The fourth-order valence-electron chi connectivity index (χ4n) is 2.41. The maximum atomic E-state index is 13.3. The fraction of sp³-hybridized carbons (Fsp3) is 0.636. The van der Waals surface area contributed by atoms with E-state index in [4.69, 9.17) is 11.6 Å². The zero-order valence-corrected chi connectivity index (χ0v) is 10.3. The van der Waals surface area contributed by atoms with Crippen molar-refractivity contribution >= 4 is 11.6 Å². The van der Waals surface area contributed by atoms with Crippen LogP contribution in [-0.4, -0.2) is 9.55 Å². The van der Waals surface area contributed by atoms with E-state index in [9.17, 15) is 14.0 Å². The molecule has 2 rings (SSSR count). The van der Waals surface area contributed by atoms with Gasteiger partial charge in [-0.15, -0.1) is 0 Å². The molecule has 0 aromatic carbocycles. The third kappa shape index (κ3) is 2.29. The molecule has 1 aliphatic rings. The van der Waals surface area contributed by atoms with E-state index in [-0.39, 0.29) is 12.5 Å². The average molecular weight is 261 g/mol. The Bertz CT molecular complexity index is 537. The second-order valence-corrected chi connectivity index (χ2v) is 5.02. The molecule has 2 atom stereocenters. The molecule has 0 spiro atoms. The van der Waals surface area contributed by atoms with Crippen LogP contribution in [0.3, 0.4) is 0 Å². The molecule has 1 heterocycles. The van der Waals surface area contributed by atoms with Crippen molar-refractivity contribution in [1.82, 2.24) is 9.55 Å². The van der Waals surface area contributed by atoms with Gasteiger partial charge in [-0.1, -0.05) is 31.4 Å². The van der Waals surface area contributed by atoms with Crippen molar-refractivity contribution in [3.63, 3.8) is 0 Å². The number of aromatic amines is 1. The van der Waals surface area contributed by atoms with Crippen LogP contribution in [0.4, 0.5) is 4.39 Å². The van der Waals surface area contributed by atoms with Crippen LogP contribution in [-0.2, 0) is 6.54 Å². The highest BCUT2D eigenvalue weighted by atomic mass is 35.5. The van der Waals surface area contributed by atoms with Gasteiger partial charge in [-0.05, 0) is 18.3 Å². The Morgan fingerprint density at radius 2 is 2.18 bits per heavy atom. The molecule has 4 nitrogen and oxygen atoms in total. The summed E-state index contributed by atoms with van der Waals surface area (Å²) in [7, 11) is 0. The van der Waals surface area contributed by atoms with Gasteiger partial charge in [-0.3, -0.25) is 14.3 Å². The van der Waals surface area contributed by atoms with Crippen LogP contribution in [0.5, 0.6) is 0 Å². The average Bonchev–Trinajstić information content (AvgIpc) is 2.67. The zero-order valence-electron chi connectivity index (χ0n) is 9.50. The third-order valence-corrected chi connectivity index (χ3v) is 3.80. The van der Waals surface area contributed by atoms with Crippen molar-refractivity contribution in [2.45, 2.75) is 32.7 Å². The third-order valence-electron chi connectivity index (χ3n) is 3.54. The second kappa shape index (κ2) is 4.64. The van der Waals surface area contributed by atoms with Crippen LogP contribution in [0.1, 0.15) is 26.2 Å². The van der Waals surface area contributed by atoms with Gasteiger partial charge in [-0.25, -0.2) is 4.79 Å². The Kier molecular flexibility index (Phi) is 3.38. The van der Waals surface area contributed by atoms with Gasteiger partial charge in [0.05, 0.1) is 0 Å². The number of nitrogens with one attached hydrogen (secondary N) is 1. The minimum absolute atomic E-state index is 0.259. The summed E-state index contributed by atoms with van der Waals surface area (Å²) in [6.45, 7) is 2.35. The molecule has 1 fully saturated rings. The molecule has 94 valence electrons. The lowest BCUT2D eigenvalue weighted by Crippen LogP contribution is -2.39. The first-order valence-electron chi connectivity index (χ1n) is 5.69. The van der Waals surface area contributed by atoms with E-state index >= 15 is 0 Å². The van der Waals surface area contributed by atoms with Gasteiger partial charge in [0.15, 0.2) is 5.15 Å². The second-order valence-electron chi connectivity index (χ2n) is 4.64. The van der Waals surface area contributed by atoms with Crippen LogP contribution in [0, 0.1) is 17.7 Å². The number of halogens is 2. The maximum Gasteiger partial charge on any atom is 0.329 e. The van der Waals surface area contributed by atoms with E-state index < -0.39 is 22.2 Å². The number of hydrogen-bond donors (Lipinski definition) is 1. The molecule has 1 N–H and O–H groups in total. The summed E-state index contributed by atoms with van der Waals surface area (Å²) in [6, 6.07) is 0. The number of aromatic nitrogens is 2. The summed E-state index contributed by atoms with van der Waals surface area (Å²) in [4.78, 5) is 25.3. The molecule has 1 aromatic rings. The molecular formula is C11H14ClFN2O2. The van der Waals surface area contributed by atoms with Crippen molar-refractivity contribution in [2.24, 2.45) is 11.8 Å². The van der Waals surface area contributed by atoms with Crippen molar-refractivity contribution in [1.29, 1.82) is 0 Å². The van der Waals surface area contributed by atoms with Crippen LogP contribution in [0.2, 0.25) is 5.15 Å². The quantitative estimate of drug-likeness (QED) is 0.824. The summed E-state index contributed by atoms with van der Waals surface area (Å²) in [5, 5.41) is -0.518. The fourth-order valence-corrected chi connectivity index (χ4v) is 2.58. The van der Waals surface area contributed by atoms with E-state index in [0.717, 1.165) is 23.8 Å². The molecule has 6 heteroatoms. The largest absolute Gasteiger partial charge is 0.329 e. The van der Waals surface area contributed by atoms with E-state index in [1.165, 1.54) is 0 Å². The topological polar surface area (TPSA) is 54.9 Å². The Labute approximate surface area is 102 Å². The van der Waals surface area contributed by atoms with Crippen molar-refractivity contribution in [2.75, 3.05) is 0 Å². The molecule has 0 bridgehead atoms. The summed E-state index contributed by atoms with van der Waals surface area (Å²) < 4.78 is 14.2. The Morgan fingerprint density at radius 3 is 2.76 bits per heavy atom. The lowest BCUT2D eigenvalue weighted by Gasteiger charge is -2.15. The predicted octanol–water partition coefficient (Wildman–Crippen LogP) is 1.77. The van der Waals surface area contributed by atoms with Crippen molar-refractivity contribution in [3.05, 3.63) is 31.8 Å². The highest BCUT2D eigenvalue weighted by Gasteiger charge is 2.25. The molecule has 1 saturated carbocycles. The minimum atomic E-state index is -1.09. The SMILES string of the molecule is CC1CCCC1Cn1c(=O)[nH]c(Cl)c(F)c1=O. The van der Waals surface area contributed by atoms with Crippen molar-refractivity contribution < 1.29 is 4.39 Å². The van der Waals surface area contributed by atoms with Gasteiger partial charge in [0.2, 0.25) is 5.82 Å². The number of rotatable bonds is 2. The monoisotopic (exact) mass is 260 g/mol. The van der Waals surface area contributed by atoms with Crippen LogP contribution in [0.15, 0.2) is 9.59 Å². The first-order chi connectivity index (χ1) is 8.00. The molecule has 0 radical (unpaired) electrons. The number of H-pyrrole nitrogens is 1. The minimum Gasteiger partial charge on any atom is -0.295 e. The molecule has 0 saturated heterocycles. The van der Waals surface area contributed by atoms with E-state index in [1.54, 1.807) is 0 Å². The molecule has 17 heavy (non-hydrogen) atoms. The molecule has 1 aromatic heterocycles. The zero-order chi connectivity index (χ0) is 12.6. The first kappa shape index (κ1) is 12.4. The first-order valence-corrected chi connectivity index (χ1v) is 6.06. The molecule has 2 unspecified atom stereocenters. The normalized spacial score (nSPS) is 24.2. The summed E-state index contributed by atoms with van der Waals surface area (Å²) in [6.07, 6.45) is 3.15. The number of hydrogen-bond acceptors (Lipinski definition) is 2. The van der Waals surface area contributed by atoms with Crippen LogP contribution in [0.25, 0.3) is 0 Å². The van der Waals surface area contributed by atoms with E-state index in [2.05, 4.69) is 11.9 Å². The van der Waals surface area contributed by atoms with E-state index in [0.29, 0.717) is 5.92 Å². The van der Waals surface area contributed by atoms with Crippen LogP contribution < -0.4 is 11.2 Å². The molecular weight excluding hydrogens is 247 g/mol. The van der Waals surface area contributed by atoms with Crippen molar-refractivity contribution in [3.8, 4) is 0 Å². The molecule has 0 aliphatic heterocycles. The van der Waals surface area contributed by atoms with Gasteiger partial charge >= 0.3 is 5.69 Å². The maximum absolute atomic E-state index is 13.3. The standard InChI is InChI=1S/C11H14ClFN2O2/c1-6-3-2-4-7(6)5-15-10(16)8(13)9(12)14-11(15)17/h6-7H,2-5H2,1H3,(H,14,17). The highest BCUT2D eigenvalue weighted by Crippen LogP contribution is 2.31. The highest BCUT2D eigenvalue weighted by molar-refractivity contribution is 6.29. The molecule has 0 amide bonds. The lowest BCUT2D eigenvalue weighted by atomic mass is 9.98. The Hall–Kier alpha value is -1.10. The lowest BCUT2D eigenvalue weighted by molar-refractivity contribution is 0.347. The van der Waals surface area contributed by atoms with Gasteiger partial charge in [0.1, 0.15) is 0 Å². The van der Waals surface area contributed by atoms with Gasteiger partial charge in [0, 0.05) is 6.54 Å². The summed E-state index contributed by atoms with van der Waals surface area (Å²) in [5.41, 5.74) is -1.57. The predicted molar refractivity (Wildman–Crippen MR) is 62.8 cm³/mol. The van der Waals surface area contributed by atoms with Gasteiger partial charge < -0.3 is 0 Å². The summed E-state index contributed by atoms with van der Waals surface area (Å²) in [5.74, 6) is -0.369. The van der Waals surface area contributed by atoms with Crippen LogP contribution >= 0.6 is 11.6 Å². The van der Waals surface area contributed by atoms with Gasteiger partial charge in [0.25, 0.3) is 5.56 Å².